The van der Waals surface area contributed by atoms with E-state index in [1.54, 1.807) is 6.07 Å². The number of hydrogen-bond acceptors (Lipinski definition) is 5. The SMILES string of the molecule is Cc1[nH]nc2ccc(Oc3c(Cl)cc(-n4ncc(=O)[nH]c4=O)cc3Cl)cc12. The standard InChI is InChI=1S/C17H11Cl2N5O3/c1-8-11-6-10(2-3-14(11)23-22-8)27-16-12(18)4-9(5-13(16)19)24-17(26)21-15(25)7-20-24/h2-7H,1H3,(H,22,23)(H,21,25,26). The van der Waals surface area contributed by atoms with Gasteiger partial charge in [-0.05, 0) is 37.3 Å². The molecule has 8 nitrogen and oxygen atoms in total. The van der Waals surface area contributed by atoms with E-state index >= 15 is 0 Å². The Labute approximate surface area is 161 Å². The Morgan fingerprint density at radius 1 is 1.11 bits per heavy atom. The lowest BCUT2D eigenvalue weighted by molar-refractivity contribution is 0.483. The zero-order chi connectivity index (χ0) is 19.1. The van der Waals surface area contributed by atoms with Crippen LogP contribution in [0, 0.1) is 6.92 Å². The van der Waals surface area contributed by atoms with E-state index < -0.39 is 11.2 Å². The van der Waals surface area contributed by atoms with Gasteiger partial charge >= 0.3 is 5.69 Å². The van der Waals surface area contributed by atoms with Crippen LogP contribution in [0.4, 0.5) is 0 Å². The van der Waals surface area contributed by atoms with Crippen LogP contribution >= 0.6 is 23.2 Å². The summed E-state index contributed by atoms with van der Waals surface area (Å²) >= 11 is 12.6. The molecule has 0 amide bonds. The van der Waals surface area contributed by atoms with Gasteiger partial charge in [-0.25, -0.2) is 4.79 Å². The molecule has 4 rings (SSSR count). The summed E-state index contributed by atoms with van der Waals surface area (Å²) < 4.78 is 6.82. The summed E-state index contributed by atoms with van der Waals surface area (Å²) in [5.74, 6) is 0.767. The summed E-state index contributed by atoms with van der Waals surface area (Å²) in [4.78, 5) is 25.2. The fraction of sp³-hybridized carbons (Fsp3) is 0.0588. The van der Waals surface area contributed by atoms with Crippen molar-refractivity contribution in [3.63, 3.8) is 0 Å². The Kier molecular flexibility index (Phi) is 4.21. The number of aryl methyl sites for hydroxylation is 1. The average molecular weight is 404 g/mol. The van der Waals surface area contributed by atoms with Gasteiger partial charge < -0.3 is 4.74 Å². The first-order valence-corrected chi connectivity index (χ1v) is 8.48. The molecule has 0 fully saturated rings. The van der Waals surface area contributed by atoms with E-state index in [-0.39, 0.29) is 15.8 Å². The van der Waals surface area contributed by atoms with Gasteiger partial charge in [0.1, 0.15) is 11.9 Å². The molecule has 0 atom stereocenters. The number of fused-ring (bicyclic) bond motifs is 1. The molecule has 10 heteroatoms. The van der Waals surface area contributed by atoms with E-state index in [1.807, 2.05) is 19.1 Å². The van der Waals surface area contributed by atoms with Crippen molar-refractivity contribution in [2.45, 2.75) is 6.92 Å². The van der Waals surface area contributed by atoms with Crippen LogP contribution in [-0.4, -0.2) is 25.0 Å². The molecule has 2 heterocycles. The molecule has 0 saturated heterocycles. The van der Waals surface area contributed by atoms with Crippen LogP contribution in [0.25, 0.3) is 16.6 Å². The lowest BCUT2D eigenvalue weighted by atomic mass is 10.2. The Bertz CT molecular complexity index is 1270. The number of halogens is 2. The predicted octanol–water partition coefficient (Wildman–Crippen LogP) is 3.20. The number of aromatic amines is 2. The van der Waals surface area contributed by atoms with Crippen LogP contribution < -0.4 is 16.0 Å². The minimum atomic E-state index is -0.704. The van der Waals surface area contributed by atoms with Gasteiger partial charge in [0.25, 0.3) is 5.56 Å². The molecule has 4 aromatic rings. The third kappa shape index (κ3) is 3.20. The molecular weight excluding hydrogens is 393 g/mol. The number of benzene rings is 2. The summed E-state index contributed by atoms with van der Waals surface area (Å²) in [6.07, 6.45) is 0.982. The molecule has 136 valence electrons. The van der Waals surface area contributed by atoms with Crippen molar-refractivity contribution in [3.05, 3.63) is 73.1 Å². The highest BCUT2D eigenvalue weighted by molar-refractivity contribution is 6.37. The maximum atomic E-state index is 11.9. The van der Waals surface area contributed by atoms with Gasteiger partial charge in [-0.1, -0.05) is 23.2 Å². The monoisotopic (exact) mass is 403 g/mol. The maximum Gasteiger partial charge on any atom is 0.349 e. The van der Waals surface area contributed by atoms with Crippen LogP contribution in [0.2, 0.25) is 10.0 Å². The highest BCUT2D eigenvalue weighted by Crippen LogP contribution is 2.38. The number of hydrogen-bond donors (Lipinski definition) is 2. The van der Waals surface area contributed by atoms with Crippen LogP contribution in [0.15, 0.2) is 46.1 Å². The summed E-state index contributed by atoms with van der Waals surface area (Å²) in [5, 5.41) is 12.1. The minimum absolute atomic E-state index is 0.182. The predicted molar refractivity (Wildman–Crippen MR) is 101 cm³/mol. The molecule has 2 aromatic carbocycles. The van der Waals surface area contributed by atoms with Crippen LogP contribution in [0.1, 0.15) is 5.69 Å². The molecule has 0 aliphatic rings. The van der Waals surface area contributed by atoms with Crippen molar-refractivity contribution >= 4 is 34.1 Å². The second-order valence-electron chi connectivity index (χ2n) is 5.72. The quantitative estimate of drug-likeness (QED) is 0.546. The normalized spacial score (nSPS) is 11.1. The van der Waals surface area contributed by atoms with Gasteiger partial charge in [0, 0.05) is 11.1 Å². The van der Waals surface area contributed by atoms with Crippen molar-refractivity contribution in [1.29, 1.82) is 0 Å². The third-order valence-electron chi connectivity index (χ3n) is 3.88. The molecule has 27 heavy (non-hydrogen) atoms. The van der Waals surface area contributed by atoms with Crippen molar-refractivity contribution in [2.24, 2.45) is 0 Å². The zero-order valence-corrected chi connectivity index (χ0v) is 15.3. The van der Waals surface area contributed by atoms with Crippen LogP contribution in [-0.2, 0) is 0 Å². The van der Waals surface area contributed by atoms with E-state index in [9.17, 15) is 9.59 Å². The van der Waals surface area contributed by atoms with Gasteiger partial charge in [-0.2, -0.15) is 14.9 Å². The summed E-state index contributed by atoms with van der Waals surface area (Å²) in [6, 6.07) is 8.32. The lowest BCUT2D eigenvalue weighted by Gasteiger charge is -2.12. The van der Waals surface area contributed by atoms with E-state index in [0.717, 1.165) is 27.5 Å². The number of nitrogens with zero attached hydrogens (tertiary/aromatic N) is 3. The summed E-state index contributed by atoms with van der Waals surface area (Å²) in [5.41, 5.74) is 0.713. The Hall–Kier alpha value is -3.10. The molecule has 0 radical (unpaired) electrons. The van der Waals surface area contributed by atoms with Crippen molar-refractivity contribution < 1.29 is 4.74 Å². The highest BCUT2D eigenvalue weighted by Gasteiger charge is 2.14. The molecule has 2 aromatic heterocycles. The molecule has 0 aliphatic carbocycles. The second-order valence-corrected chi connectivity index (χ2v) is 6.53. The van der Waals surface area contributed by atoms with Crippen molar-refractivity contribution in [2.75, 3.05) is 0 Å². The largest absolute Gasteiger partial charge is 0.454 e. The molecule has 0 unspecified atom stereocenters. The topological polar surface area (TPSA) is 106 Å². The average Bonchev–Trinajstić information content (AvgIpc) is 2.99. The van der Waals surface area contributed by atoms with Crippen LogP contribution in [0.5, 0.6) is 11.5 Å². The molecule has 0 saturated carbocycles. The summed E-state index contributed by atoms with van der Waals surface area (Å²) in [6.45, 7) is 1.91. The molecule has 2 N–H and O–H groups in total. The molecular formula is C17H11Cl2N5O3. The van der Waals surface area contributed by atoms with Crippen molar-refractivity contribution in [3.8, 4) is 17.2 Å². The first-order chi connectivity index (χ1) is 12.9. The first kappa shape index (κ1) is 17.3. The Morgan fingerprint density at radius 3 is 2.56 bits per heavy atom. The maximum absolute atomic E-state index is 11.9. The first-order valence-electron chi connectivity index (χ1n) is 7.73. The number of nitrogens with one attached hydrogen (secondary N) is 2. The number of rotatable bonds is 3. The molecule has 0 spiro atoms. The van der Waals surface area contributed by atoms with Gasteiger partial charge in [0.05, 0.1) is 21.2 Å². The van der Waals surface area contributed by atoms with Crippen LogP contribution in [0.3, 0.4) is 0 Å². The fourth-order valence-corrected chi connectivity index (χ4v) is 3.15. The number of ether oxygens (including phenoxy) is 1. The highest BCUT2D eigenvalue weighted by atomic mass is 35.5. The number of aromatic nitrogens is 5. The van der Waals surface area contributed by atoms with Gasteiger partial charge in [0.15, 0.2) is 5.75 Å². The van der Waals surface area contributed by atoms with Gasteiger partial charge in [-0.3, -0.25) is 14.9 Å². The third-order valence-corrected chi connectivity index (χ3v) is 4.44. The van der Waals surface area contributed by atoms with Gasteiger partial charge in [-0.15, -0.1) is 0 Å². The molecule has 0 aliphatic heterocycles. The molecule has 0 bridgehead atoms. The van der Waals surface area contributed by atoms with E-state index in [2.05, 4.69) is 20.3 Å². The van der Waals surface area contributed by atoms with E-state index in [1.165, 1.54) is 12.1 Å². The fourth-order valence-electron chi connectivity index (χ4n) is 2.60. The Balaban J connectivity index is 1.74. The second kappa shape index (κ2) is 6.57. The van der Waals surface area contributed by atoms with Gasteiger partial charge in [0.2, 0.25) is 0 Å². The van der Waals surface area contributed by atoms with E-state index in [0.29, 0.717) is 11.4 Å². The number of H-pyrrole nitrogens is 2. The Morgan fingerprint density at radius 2 is 1.85 bits per heavy atom. The lowest BCUT2D eigenvalue weighted by Crippen LogP contribution is -2.30. The van der Waals surface area contributed by atoms with E-state index in [4.69, 9.17) is 27.9 Å². The van der Waals surface area contributed by atoms with Crippen molar-refractivity contribution in [1.82, 2.24) is 25.0 Å². The zero-order valence-electron chi connectivity index (χ0n) is 13.8. The minimum Gasteiger partial charge on any atom is -0.454 e. The summed E-state index contributed by atoms with van der Waals surface area (Å²) in [7, 11) is 0. The smallest absolute Gasteiger partial charge is 0.349 e.